The molecule has 1 aromatic heterocycles. The molecule has 0 saturated carbocycles. The Balaban J connectivity index is 1.67. The van der Waals surface area contributed by atoms with Crippen LogP contribution in [0.4, 0.5) is 10.5 Å². The summed E-state index contributed by atoms with van der Waals surface area (Å²) in [4.78, 5) is 19.6. The van der Waals surface area contributed by atoms with E-state index in [0.717, 1.165) is 25.8 Å². The van der Waals surface area contributed by atoms with Gasteiger partial charge < -0.3 is 10.2 Å². The lowest BCUT2D eigenvalue weighted by molar-refractivity contribution is 0.220. The molecule has 0 aliphatic heterocycles. The number of para-hydroxylation sites is 1. The van der Waals surface area contributed by atoms with Crippen molar-refractivity contribution in [2.45, 2.75) is 11.4 Å². The van der Waals surface area contributed by atoms with Crippen molar-refractivity contribution in [2.24, 2.45) is 0 Å². The van der Waals surface area contributed by atoms with Gasteiger partial charge in [0.25, 0.3) is 0 Å². The standard InChI is InChI=1S/C17H17N3OS2/c1-20(11-16-19-14-8-3-4-9-15(14)23-16)17(21)18-12-6-5-7-13(10-12)22-2/h3-10H,11H2,1-2H3,(H,18,21). The van der Waals surface area contributed by atoms with E-state index >= 15 is 0 Å². The maximum Gasteiger partial charge on any atom is 0.321 e. The van der Waals surface area contributed by atoms with Crippen molar-refractivity contribution in [1.82, 2.24) is 9.88 Å². The van der Waals surface area contributed by atoms with Gasteiger partial charge >= 0.3 is 6.03 Å². The van der Waals surface area contributed by atoms with Gasteiger partial charge in [0.1, 0.15) is 5.01 Å². The van der Waals surface area contributed by atoms with Crippen LogP contribution >= 0.6 is 23.1 Å². The van der Waals surface area contributed by atoms with Gasteiger partial charge in [-0.15, -0.1) is 23.1 Å². The summed E-state index contributed by atoms with van der Waals surface area (Å²) in [6.07, 6.45) is 2.01. The highest BCUT2D eigenvalue weighted by molar-refractivity contribution is 7.98. The first-order chi connectivity index (χ1) is 11.2. The zero-order chi connectivity index (χ0) is 16.2. The maximum atomic E-state index is 12.3. The smallest absolute Gasteiger partial charge is 0.321 e. The Morgan fingerprint density at radius 3 is 2.87 bits per heavy atom. The van der Waals surface area contributed by atoms with Gasteiger partial charge in [0.15, 0.2) is 0 Å². The van der Waals surface area contributed by atoms with Gasteiger partial charge in [0.2, 0.25) is 0 Å². The van der Waals surface area contributed by atoms with Crippen LogP contribution in [-0.4, -0.2) is 29.2 Å². The van der Waals surface area contributed by atoms with Gasteiger partial charge in [-0.25, -0.2) is 9.78 Å². The van der Waals surface area contributed by atoms with E-state index in [2.05, 4.69) is 10.3 Å². The Hall–Kier alpha value is -2.05. The summed E-state index contributed by atoms with van der Waals surface area (Å²) in [5, 5.41) is 3.85. The van der Waals surface area contributed by atoms with E-state index in [1.165, 1.54) is 0 Å². The van der Waals surface area contributed by atoms with Crippen LogP contribution in [0, 0.1) is 0 Å². The fourth-order valence-corrected chi connectivity index (χ4v) is 3.66. The highest BCUT2D eigenvalue weighted by atomic mass is 32.2. The third-order valence-corrected chi connectivity index (χ3v) is 5.12. The zero-order valence-electron chi connectivity index (χ0n) is 12.9. The van der Waals surface area contributed by atoms with Gasteiger partial charge in [0, 0.05) is 17.6 Å². The van der Waals surface area contributed by atoms with E-state index in [-0.39, 0.29) is 6.03 Å². The van der Waals surface area contributed by atoms with Crippen molar-refractivity contribution in [3.05, 3.63) is 53.5 Å². The van der Waals surface area contributed by atoms with Crippen LogP contribution < -0.4 is 5.32 Å². The predicted octanol–water partition coefficient (Wildman–Crippen LogP) is 4.68. The molecule has 1 heterocycles. The molecule has 23 heavy (non-hydrogen) atoms. The fourth-order valence-electron chi connectivity index (χ4n) is 2.18. The van der Waals surface area contributed by atoms with Gasteiger partial charge in [-0.05, 0) is 36.6 Å². The Labute approximate surface area is 143 Å². The number of fused-ring (bicyclic) bond motifs is 1. The molecule has 118 valence electrons. The lowest BCUT2D eigenvalue weighted by Crippen LogP contribution is -2.30. The Kier molecular flexibility index (Phi) is 4.83. The number of urea groups is 1. The van der Waals surface area contributed by atoms with Crippen LogP contribution in [0.15, 0.2) is 53.4 Å². The molecular formula is C17H17N3OS2. The number of anilines is 1. The van der Waals surface area contributed by atoms with E-state index in [4.69, 9.17) is 0 Å². The molecule has 0 aliphatic carbocycles. The average Bonchev–Trinajstić information content (AvgIpc) is 2.97. The maximum absolute atomic E-state index is 12.3. The minimum absolute atomic E-state index is 0.137. The molecule has 2 amide bonds. The normalized spacial score (nSPS) is 10.7. The van der Waals surface area contributed by atoms with Crippen LogP contribution in [0.3, 0.4) is 0 Å². The molecule has 0 fully saturated rings. The first-order valence-corrected chi connectivity index (χ1v) is 9.20. The number of benzene rings is 2. The first-order valence-electron chi connectivity index (χ1n) is 7.16. The van der Waals surface area contributed by atoms with Crippen molar-refractivity contribution in [3.8, 4) is 0 Å². The van der Waals surface area contributed by atoms with Crippen molar-refractivity contribution in [1.29, 1.82) is 0 Å². The number of thioether (sulfide) groups is 1. The van der Waals surface area contributed by atoms with Crippen molar-refractivity contribution >= 4 is 45.0 Å². The van der Waals surface area contributed by atoms with Crippen molar-refractivity contribution < 1.29 is 4.79 Å². The van der Waals surface area contributed by atoms with Crippen molar-refractivity contribution in [2.75, 3.05) is 18.6 Å². The van der Waals surface area contributed by atoms with Gasteiger partial charge in [-0.3, -0.25) is 0 Å². The number of carbonyl (C=O) groups is 1. The minimum Gasteiger partial charge on any atom is -0.321 e. The predicted molar refractivity (Wildman–Crippen MR) is 98.3 cm³/mol. The van der Waals surface area contributed by atoms with E-state index in [1.807, 2.05) is 54.8 Å². The average molecular weight is 343 g/mol. The second-order valence-corrected chi connectivity index (χ2v) is 7.09. The molecule has 0 atom stereocenters. The van der Waals surface area contributed by atoms with Crippen LogP contribution in [-0.2, 0) is 6.54 Å². The molecule has 0 unspecified atom stereocenters. The van der Waals surface area contributed by atoms with E-state index in [9.17, 15) is 4.79 Å². The lowest BCUT2D eigenvalue weighted by atomic mass is 10.3. The quantitative estimate of drug-likeness (QED) is 0.700. The molecule has 0 aliphatic rings. The molecule has 4 nitrogen and oxygen atoms in total. The van der Waals surface area contributed by atoms with Crippen LogP contribution in [0.2, 0.25) is 0 Å². The molecule has 0 bridgehead atoms. The zero-order valence-corrected chi connectivity index (χ0v) is 14.6. The third kappa shape index (κ3) is 3.83. The number of amides is 2. The molecule has 1 N–H and O–H groups in total. The van der Waals surface area contributed by atoms with E-state index < -0.39 is 0 Å². The second kappa shape index (κ2) is 7.02. The molecule has 0 radical (unpaired) electrons. The monoisotopic (exact) mass is 343 g/mol. The summed E-state index contributed by atoms with van der Waals surface area (Å²) in [6, 6.07) is 15.7. The van der Waals surface area contributed by atoms with Crippen LogP contribution in [0.25, 0.3) is 10.2 Å². The molecule has 2 aromatic carbocycles. The minimum atomic E-state index is -0.137. The highest BCUT2D eigenvalue weighted by Crippen LogP contribution is 2.23. The molecular weight excluding hydrogens is 326 g/mol. The summed E-state index contributed by atoms with van der Waals surface area (Å²) >= 11 is 3.27. The fraction of sp³-hybridized carbons (Fsp3) is 0.176. The molecule has 0 spiro atoms. The van der Waals surface area contributed by atoms with Gasteiger partial charge in [-0.1, -0.05) is 18.2 Å². The number of hydrogen-bond acceptors (Lipinski definition) is 4. The first kappa shape index (κ1) is 15.8. The summed E-state index contributed by atoms with van der Waals surface area (Å²) in [7, 11) is 1.78. The summed E-state index contributed by atoms with van der Waals surface area (Å²) in [6.45, 7) is 0.493. The van der Waals surface area contributed by atoms with Gasteiger partial charge in [0.05, 0.1) is 16.8 Å². The number of nitrogens with zero attached hydrogens (tertiary/aromatic N) is 2. The summed E-state index contributed by atoms with van der Waals surface area (Å²) < 4.78 is 1.14. The van der Waals surface area contributed by atoms with Crippen LogP contribution in [0.1, 0.15) is 5.01 Å². The summed E-state index contributed by atoms with van der Waals surface area (Å²) in [5.41, 5.74) is 1.78. The Morgan fingerprint density at radius 1 is 1.26 bits per heavy atom. The number of nitrogens with one attached hydrogen (secondary N) is 1. The van der Waals surface area contributed by atoms with E-state index in [0.29, 0.717) is 6.54 Å². The Bertz CT molecular complexity index is 798. The van der Waals surface area contributed by atoms with E-state index in [1.54, 1.807) is 35.0 Å². The molecule has 0 saturated heterocycles. The molecule has 3 rings (SSSR count). The largest absolute Gasteiger partial charge is 0.321 e. The number of rotatable bonds is 4. The number of aromatic nitrogens is 1. The molecule has 6 heteroatoms. The Morgan fingerprint density at radius 2 is 2.09 bits per heavy atom. The lowest BCUT2D eigenvalue weighted by Gasteiger charge is -2.16. The number of carbonyl (C=O) groups excluding carboxylic acids is 1. The SMILES string of the molecule is CSc1cccc(NC(=O)N(C)Cc2nc3ccccc3s2)c1. The topological polar surface area (TPSA) is 45.2 Å². The molecule has 3 aromatic rings. The highest BCUT2D eigenvalue weighted by Gasteiger charge is 2.12. The van der Waals surface area contributed by atoms with Crippen LogP contribution in [0.5, 0.6) is 0 Å². The number of hydrogen-bond donors (Lipinski definition) is 1. The van der Waals surface area contributed by atoms with Gasteiger partial charge in [-0.2, -0.15) is 0 Å². The second-order valence-electron chi connectivity index (χ2n) is 5.09. The summed E-state index contributed by atoms with van der Waals surface area (Å²) in [5.74, 6) is 0. The third-order valence-electron chi connectivity index (χ3n) is 3.38. The number of thiazole rings is 1. The van der Waals surface area contributed by atoms with Crippen molar-refractivity contribution in [3.63, 3.8) is 0 Å².